The number of carboxylic acids is 1. The Hall–Kier alpha value is -1.72. The molecule has 2 N–H and O–H groups in total. The second-order valence-electron chi connectivity index (χ2n) is 3.70. The van der Waals surface area contributed by atoms with E-state index in [0.717, 1.165) is 5.56 Å². The number of aliphatic carboxylic acids is 1. The van der Waals surface area contributed by atoms with Crippen LogP contribution in [0, 0.1) is 6.92 Å². The first-order valence-electron chi connectivity index (χ1n) is 4.91. The predicted octanol–water partition coefficient (Wildman–Crippen LogP) is 2.81. The number of halogens is 3. The highest BCUT2D eigenvalue weighted by molar-refractivity contribution is 5.68. The second kappa shape index (κ2) is 5.07. The van der Waals surface area contributed by atoms with Gasteiger partial charge in [0.05, 0.1) is 6.42 Å². The third-order valence-corrected chi connectivity index (χ3v) is 2.17. The zero-order valence-electron chi connectivity index (χ0n) is 9.08. The molecule has 17 heavy (non-hydrogen) atoms. The van der Waals surface area contributed by atoms with E-state index in [1.807, 2.05) is 6.92 Å². The maximum absolute atomic E-state index is 12.5. The van der Waals surface area contributed by atoms with Crippen LogP contribution >= 0.6 is 0 Å². The van der Waals surface area contributed by atoms with Crippen molar-refractivity contribution >= 4 is 11.7 Å². The summed E-state index contributed by atoms with van der Waals surface area (Å²) in [6.07, 6.45) is -5.60. The number of hydrogen-bond donors (Lipinski definition) is 2. The van der Waals surface area contributed by atoms with Gasteiger partial charge < -0.3 is 10.4 Å². The highest BCUT2D eigenvalue weighted by Crippen LogP contribution is 2.26. The highest BCUT2D eigenvalue weighted by Gasteiger charge is 2.40. The van der Waals surface area contributed by atoms with E-state index in [0.29, 0.717) is 0 Å². The monoisotopic (exact) mass is 247 g/mol. The van der Waals surface area contributed by atoms with E-state index in [2.05, 4.69) is 5.32 Å². The predicted molar refractivity (Wildman–Crippen MR) is 56.9 cm³/mol. The van der Waals surface area contributed by atoms with Crippen LogP contribution in [0.4, 0.5) is 18.9 Å². The first-order chi connectivity index (χ1) is 7.79. The zero-order chi connectivity index (χ0) is 13.1. The van der Waals surface area contributed by atoms with Crippen LogP contribution < -0.4 is 5.32 Å². The summed E-state index contributed by atoms with van der Waals surface area (Å²) in [6.45, 7) is 1.81. The number of rotatable bonds is 4. The second-order valence-corrected chi connectivity index (χ2v) is 3.70. The fraction of sp³-hybridized carbons (Fsp3) is 0.364. The molecule has 0 aliphatic rings. The molecule has 0 aliphatic carbocycles. The van der Waals surface area contributed by atoms with E-state index >= 15 is 0 Å². The van der Waals surface area contributed by atoms with Crippen LogP contribution in [-0.4, -0.2) is 23.3 Å². The molecule has 0 amide bonds. The van der Waals surface area contributed by atoms with Crippen LogP contribution in [0.15, 0.2) is 24.3 Å². The van der Waals surface area contributed by atoms with Crippen LogP contribution in [0.25, 0.3) is 0 Å². The summed E-state index contributed by atoms with van der Waals surface area (Å²) in [5.41, 5.74) is 1.16. The van der Waals surface area contributed by atoms with Gasteiger partial charge in [0.1, 0.15) is 6.04 Å². The molecule has 1 aromatic carbocycles. The van der Waals surface area contributed by atoms with E-state index in [4.69, 9.17) is 5.11 Å². The molecular weight excluding hydrogens is 235 g/mol. The summed E-state index contributed by atoms with van der Waals surface area (Å²) in [4.78, 5) is 10.4. The van der Waals surface area contributed by atoms with Crippen LogP contribution in [0.3, 0.4) is 0 Å². The fourth-order valence-electron chi connectivity index (χ4n) is 1.27. The zero-order valence-corrected chi connectivity index (χ0v) is 9.08. The van der Waals surface area contributed by atoms with Crippen molar-refractivity contribution < 1.29 is 23.1 Å². The Balaban J connectivity index is 2.79. The van der Waals surface area contributed by atoms with Gasteiger partial charge in [-0.15, -0.1) is 0 Å². The summed E-state index contributed by atoms with van der Waals surface area (Å²) < 4.78 is 37.6. The number of carboxylic acid groups (broad SMARTS) is 1. The minimum Gasteiger partial charge on any atom is -0.481 e. The molecule has 0 aliphatic heterocycles. The Labute approximate surface area is 96.3 Å². The molecule has 1 aromatic rings. The van der Waals surface area contributed by atoms with Crippen LogP contribution in [0.2, 0.25) is 0 Å². The first-order valence-corrected chi connectivity index (χ1v) is 4.91. The van der Waals surface area contributed by atoms with Crippen molar-refractivity contribution in [3.05, 3.63) is 29.8 Å². The van der Waals surface area contributed by atoms with Crippen molar-refractivity contribution in [1.82, 2.24) is 0 Å². The van der Waals surface area contributed by atoms with Gasteiger partial charge in [-0.3, -0.25) is 4.79 Å². The molecule has 3 nitrogen and oxygen atoms in total. The fourth-order valence-corrected chi connectivity index (χ4v) is 1.27. The van der Waals surface area contributed by atoms with Crippen LogP contribution in [-0.2, 0) is 4.79 Å². The topological polar surface area (TPSA) is 49.3 Å². The molecule has 0 fully saturated rings. The number of carbonyl (C=O) groups is 1. The molecule has 0 saturated heterocycles. The molecule has 1 unspecified atom stereocenters. The van der Waals surface area contributed by atoms with Gasteiger partial charge in [-0.2, -0.15) is 13.2 Å². The molecule has 0 bridgehead atoms. The summed E-state index contributed by atoms with van der Waals surface area (Å²) in [6, 6.07) is 4.18. The average molecular weight is 247 g/mol. The lowest BCUT2D eigenvalue weighted by Crippen LogP contribution is -2.38. The summed E-state index contributed by atoms with van der Waals surface area (Å²) in [7, 11) is 0. The average Bonchev–Trinajstić information content (AvgIpc) is 2.18. The third-order valence-electron chi connectivity index (χ3n) is 2.17. The van der Waals surface area contributed by atoms with Gasteiger partial charge in [0.25, 0.3) is 0 Å². The Morgan fingerprint density at radius 1 is 1.35 bits per heavy atom. The Morgan fingerprint density at radius 2 is 1.88 bits per heavy atom. The molecule has 1 rings (SSSR count). The quantitative estimate of drug-likeness (QED) is 0.860. The van der Waals surface area contributed by atoms with Crippen molar-refractivity contribution in [2.75, 3.05) is 5.32 Å². The smallest absolute Gasteiger partial charge is 0.409 e. The first kappa shape index (κ1) is 13.3. The summed E-state index contributed by atoms with van der Waals surface area (Å²) in [5, 5.41) is 10.6. The Morgan fingerprint density at radius 3 is 2.29 bits per heavy atom. The van der Waals surface area contributed by atoms with Gasteiger partial charge in [-0.1, -0.05) is 17.7 Å². The van der Waals surface area contributed by atoms with Gasteiger partial charge in [-0.05, 0) is 19.1 Å². The van der Waals surface area contributed by atoms with E-state index in [1.54, 1.807) is 12.1 Å². The van der Waals surface area contributed by atoms with Crippen molar-refractivity contribution in [1.29, 1.82) is 0 Å². The maximum atomic E-state index is 12.5. The van der Waals surface area contributed by atoms with Crippen molar-refractivity contribution in [2.45, 2.75) is 25.6 Å². The Kier molecular flexibility index (Phi) is 3.98. The highest BCUT2D eigenvalue weighted by atomic mass is 19.4. The van der Waals surface area contributed by atoms with Crippen molar-refractivity contribution in [3.8, 4) is 0 Å². The van der Waals surface area contributed by atoms with E-state index < -0.39 is 24.6 Å². The molecule has 0 radical (unpaired) electrons. The SMILES string of the molecule is Cc1ccc(NC(CC(=O)O)C(F)(F)F)cc1. The number of alkyl halides is 3. The van der Waals surface area contributed by atoms with Gasteiger partial charge in [0.2, 0.25) is 0 Å². The Bertz CT molecular complexity index is 387. The maximum Gasteiger partial charge on any atom is 0.409 e. The molecule has 94 valence electrons. The third kappa shape index (κ3) is 4.34. The van der Waals surface area contributed by atoms with Crippen molar-refractivity contribution in [3.63, 3.8) is 0 Å². The van der Waals surface area contributed by atoms with Crippen molar-refractivity contribution in [2.24, 2.45) is 0 Å². The minimum absolute atomic E-state index is 0.249. The number of benzene rings is 1. The lowest BCUT2D eigenvalue weighted by atomic mass is 10.1. The number of hydrogen-bond acceptors (Lipinski definition) is 2. The minimum atomic E-state index is -4.59. The molecular formula is C11H12F3NO2. The van der Waals surface area contributed by atoms with Crippen LogP contribution in [0.5, 0.6) is 0 Å². The van der Waals surface area contributed by atoms with Gasteiger partial charge >= 0.3 is 12.1 Å². The largest absolute Gasteiger partial charge is 0.481 e. The lowest BCUT2D eigenvalue weighted by Gasteiger charge is -2.21. The summed E-state index contributed by atoms with van der Waals surface area (Å²) >= 11 is 0. The number of aryl methyl sites for hydroxylation is 1. The molecule has 0 saturated carbocycles. The molecule has 0 heterocycles. The number of anilines is 1. The van der Waals surface area contributed by atoms with E-state index in [9.17, 15) is 18.0 Å². The molecule has 0 aromatic heterocycles. The molecule has 1 atom stereocenters. The lowest BCUT2D eigenvalue weighted by molar-refractivity contribution is -0.157. The van der Waals surface area contributed by atoms with Gasteiger partial charge in [-0.25, -0.2) is 0 Å². The summed E-state index contributed by atoms with van der Waals surface area (Å²) in [5.74, 6) is -1.49. The molecule has 0 spiro atoms. The number of nitrogens with one attached hydrogen (secondary N) is 1. The standard InChI is InChI=1S/C11H12F3NO2/c1-7-2-4-8(5-3-7)15-9(6-10(16)17)11(12,13)14/h2-5,9,15H,6H2,1H3,(H,16,17). The van der Waals surface area contributed by atoms with Crippen LogP contribution in [0.1, 0.15) is 12.0 Å². The molecule has 6 heteroatoms. The van der Waals surface area contributed by atoms with E-state index in [1.165, 1.54) is 12.1 Å². The van der Waals surface area contributed by atoms with Gasteiger partial charge in [0, 0.05) is 5.69 Å². The van der Waals surface area contributed by atoms with Gasteiger partial charge in [0.15, 0.2) is 0 Å². The normalized spacial score (nSPS) is 13.2. The van der Waals surface area contributed by atoms with E-state index in [-0.39, 0.29) is 5.69 Å².